The number of aliphatic hydroxyl groups is 1. The van der Waals surface area contributed by atoms with E-state index in [2.05, 4.69) is 16.3 Å². The summed E-state index contributed by atoms with van der Waals surface area (Å²) in [5.41, 5.74) is 2.39. The summed E-state index contributed by atoms with van der Waals surface area (Å²) in [5, 5.41) is 13.1. The molecule has 0 saturated heterocycles. The van der Waals surface area contributed by atoms with E-state index < -0.39 is 0 Å². The van der Waals surface area contributed by atoms with E-state index in [0.29, 0.717) is 6.04 Å². The molecule has 1 aliphatic carbocycles. The van der Waals surface area contributed by atoms with Gasteiger partial charge in [0.15, 0.2) is 0 Å². The molecule has 0 unspecified atom stereocenters. The molecule has 1 aliphatic rings. The lowest BCUT2D eigenvalue weighted by Crippen LogP contribution is -2.42. The largest absolute Gasteiger partial charge is 0.396 e. The van der Waals surface area contributed by atoms with E-state index >= 15 is 0 Å². The summed E-state index contributed by atoms with van der Waals surface area (Å²) in [5.74, 6) is 0. The molecule has 2 rings (SSSR count). The Hall–Kier alpha value is -0.770. The molecular formula is C15H23ClN2O. The summed E-state index contributed by atoms with van der Waals surface area (Å²) in [7, 11) is 1.95. The standard InChI is InChI=1S/C15H23ClN2O/c1-17-11-12-5-2-8-14(16)15(12)18(9-4-10-19)13-6-3-7-13/h2,5,8,13,17,19H,3-4,6-7,9-11H2,1H3. The Balaban J connectivity index is 2.27. The number of benzene rings is 1. The lowest BCUT2D eigenvalue weighted by atomic mass is 9.90. The van der Waals surface area contributed by atoms with Crippen LogP contribution in [0.4, 0.5) is 5.69 Å². The minimum atomic E-state index is 0.231. The SMILES string of the molecule is CNCc1cccc(Cl)c1N(CCCO)C1CCC1. The molecule has 2 N–H and O–H groups in total. The Kier molecular flexibility index (Phi) is 5.49. The van der Waals surface area contributed by atoms with Crippen molar-refractivity contribution in [2.75, 3.05) is 25.1 Å². The molecule has 1 aromatic rings. The molecular weight excluding hydrogens is 260 g/mol. The van der Waals surface area contributed by atoms with Crippen LogP contribution in [0.3, 0.4) is 0 Å². The van der Waals surface area contributed by atoms with Gasteiger partial charge in [0.1, 0.15) is 0 Å². The highest BCUT2D eigenvalue weighted by atomic mass is 35.5. The first-order chi connectivity index (χ1) is 9.27. The van der Waals surface area contributed by atoms with E-state index in [-0.39, 0.29) is 6.61 Å². The molecule has 0 aromatic heterocycles. The summed E-state index contributed by atoms with van der Waals surface area (Å²) >= 11 is 6.43. The van der Waals surface area contributed by atoms with Crippen molar-refractivity contribution in [3.63, 3.8) is 0 Å². The highest BCUT2D eigenvalue weighted by Gasteiger charge is 2.27. The van der Waals surface area contributed by atoms with Crippen molar-refractivity contribution >= 4 is 17.3 Å². The van der Waals surface area contributed by atoms with Gasteiger partial charge in [-0.3, -0.25) is 0 Å². The molecule has 0 heterocycles. The van der Waals surface area contributed by atoms with Crippen molar-refractivity contribution in [3.8, 4) is 0 Å². The van der Waals surface area contributed by atoms with Crippen molar-refractivity contribution in [2.45, 2.75) is 38.3 Å². The molecule has 3 nitrogen and oxygen atoms in total. The van der Waals surface area contributed by atoms with Crippen molar-refractivity contribution < 1.29 is 5.11 Å². The maximum absolute atomic E-state index is 9.10. The third kappa shape index (κ3) is 3.41. The van der Waals surface area contributed by atoms with Gasteiger partial charge in [0.2, 0.25) is 0 Å². The topological polar surface area (TPSA) is 35.5 Å². The van der Waals surface area contributed by atoms with Crippen molar-refractivity contribution in [1.29, 1.82) is 0 Å². The fraction of sp³-hybridized carbons (Fsp3) is 0.600. The van der Waals surface area contributed by atoms with Crippen LogP contribution in [0.2, 0.25) is 5.02 Å². The highest BCUT2D eigenvalue weighted by Crippen LogP contribution is 2.36. The zero-order valence-electron chi connectivity index (χ0n) is 11.5. The van der Waals surface area contributed by atoms with Gasteiger partial charge in [0, 0.05) is 25.7 Å². The Morgan fingerprint density at radius 1 is 1.42 bits per heavy atom. The number of anilines is 1. The Morgan fingerprint density at radius 3 is 2.79 bits per heavy atom. The first kappa shape index (κ1) is 14.6. The molecule has 1 saturated carbocycles. The minimum Gasteiger partial charge on any atom is -0.396 e. The van der Waals surface area contributed by atoms with E-state index in [9.17, 15) is 0 Å². The van der Waals surface area contributed by atoms with Crippen molar-refractivity contribution in [1.82, 2.24) is 5.32 Å². The fourth-order valence-electron chi connectivity index (χ4n) is 2.63. The Bertz CT molecular complexity index is 407. The molecule has 19 heavy (non-hydrogen) atoms. The molecule has 106 valence electrons. The monoisotopic (exact) mass is 282 g/mol. The van der Waals surface area contributed by atoms with Gasteiger partial charge in [-0.25, -0.2) is 0 Å². The summed E-state index contributed by atoms with van der Waals surface area (Å²) in [4.78, 5) is 2.40. The highest BCUT2D eigenvalue weighted by molar-refractivity contribution is 6.33. The second-order valence-corrected chi connectivity index (χ2v) is 5.54. The molecule has 0 aliphatic heterocycles. The van der Waals surface area contributed by atoms with Crippen LogP contribution in [0.15, 0.2) is 18.2 Å². The first-order valence-corrected chi connectivity index (χ1v) is 7.45. The van der Waals surface area contributed by atoms with Gasteiger partial charge in [-0.05, 0) is 44.4 Å². The van der Waals surface area contributed by atoms with E-state index in [0.717, 1.165) is 30.2 Å². The van der Waals surface area contributed by atoms with Gasteiger partial charge in [-0.1, -0.05) is 23.7 Å². The van der Waals surface area contributed by atoms with Crippen LogP contribution in [-0.2, 0) is 6.54 Å². The van der Waals surface area contributed by atoms with Crippen LogP contribution >= 0.6 is 11.6 Å². The van der Waals surface area contributed by atoms with Crippen molar-refractivity contribution in [3.05, 3.63) is 28.8 Å². The lowest BCUT2D eigenvalue weighted by Gasteiger charge is -2.40. The van der Waals surface area contributed by atoms with Gasteiger partial charge >= 0.3 is 0 Å². The van der Waals surface area contributed by atoms with Crippen LogP contribution < -0.4 is 10.2 Å². The molecule has 1 aromatic carbocycles. The zero-order valence-corrected chi connectivity index (χ0v) is 12.3. The van der Waals surface area contributed by atoms with Gasteiger partial charge in [-0.2, -0.15) is 0 Å². The molecule has 4 heteroatoms. The van der Waals surface area contributed by atoms with Crippen LogP contribution in [0, 0.1) is 0 Å². The summed E-state index contributed by atoms with van der Waals surface area (Å²) in [6, 6.07) is 6.68. The summed E-state index contributed by atoms with van der Waals surface area (Å²) in [6.07, 6.45) is 4.55. The van der Waals surface area contributed by atoms with E-state index in [1.807, 2.05) is 19.2 Å². The third-order valence-corrected chi connectivity index (χ3v) is 4.10. The average Bonchev–Trinajstić information content (AvgIpc) is 2.33. The number of nitrogens with zero attached hydrogens (tertiary/aromatic N) is 1. The number of para-hydroxylation sites is 1. The van der Waals surface area contributed by atoms with E-state index in [1.165, 1.54) is 24.8 Å². The van der Waals surface area contributed by atoms with Gasteiger partial charge < -0.3 is 15.3 Å². The molecule has 0 spiro atoms. The van der Waals surface area contributed by atoms with Gasteiger partial charge in [0.05, 0.1) is 10.7 Å². The zero-order chi connectivity index (χ0) is 13.7. The fourth-order valence-corrected chi connectivity index (χ4v) is 2.93. The molecule has 0 atom stereocenters. The number of hydrogen-bond donors (Lipinski definition) is 2. The van der Waals surface area contributed by atoms with E-state index in [4.69, 9.17) is 16.7 Å². The van der Waals surface area contributed by atoms with Gasteiger partial charge in [0.25, 0.3) is 0 Å². The van der Waals surface area contributed by atoms with Crippen LogP contribution in [0.25, 0.3) is 0 Å². The maximum atomic E-state index is 9.10. The maximum Gasteiger partial charge on any atom is 0.0643 e. The number of halogens is 1. The van der Waals surface area contributed by atoms with E-state index in [1.54, 1.807) is 0 Å². The minimum absolute atomic E-state index is 0.231. The van der Waals surface area contributed by atoms with Crippen LogP contribution in [0.5, 0.6) is 0 Å². The van der Waals surface area contributed by atoms with Crippen molar-refractivity contribution in [2.24, 2.45) is 0 Å². The number of aliphatic hydroxyl groups excluding tert-OH is 1. The summed E-state index contributed by atoms with van der Waals surface area (Å²) < 4.78 is 0. The predicted molar refractivity (Wildman–Crippen MR) is 80.9 cm³/mol. The lowest BCUT2D eigenvalue weighted by molar-refractivity contribution is 0.283. The van der Waals surface area contributed by atoms with Crippen LogP contribution in [-0.4, -0.2) is 31.3 Å². The Morgan fingerprint density at radius 2 is 2.21 bits per heavy atom. The number of nitrogens with one attached hydrogen (secondary N) is 1. The Labute approximate surface area is 120 Å². The predicted octanol–water partition coefficient (Wildman–Crippen LogP) is 2.80. The molecule has 0 bridgehead atoms. The quantitative estimate of drug-likeness (QED) is 0.807. The first-order valence-electron chi connectivity index (χ1n) is 7.07. The molecule has 1 fully saturated rings. The van der Waals surface area contributed by atoms with Crippen LogP contribution in [0.1, 0.15) is 31.2 Å². The number of hydrogen-bond acceptors (Lipinski definition) is 3. The normalized spacial score (nSPS) is 15.3. The van der Waals surface area contributed by atoms with Gasteiger partial charge in [-0.15, -0.1) is 0 Å². The number of rotatable bonds is 7. The molecule has 0 radical (unpaired) electrons. The third-order valence-electron chi connectivity index (χ3n) is 3.80. The summed E-state index contributed by atoms with van der Waals surface area (Å²) in [6.45, 7) is 1.93. The second kappa shape index (κ2) is 7.13. The smallest absolute Gasteiger partial charge is 0.0643 e. The molecule has 0 amide bonds. The second-order valence-electron chi connectivity index (χ2n) is 5.13. The average molecular weight is 283 g/mol.